The SMILES string of the molecule is CCC#N.CCC#N.OCCCCO. The molecule has 0 bridgehead atoms. The van der Waals surface area contributed by atoms with Crippen molar-refractivity contribution in [2.24, 2.45) is 0 Å². The van der Waals surface area contributed by atoms with E-state index in [1.807, 2.05) is 26.0 Å². The summed E-state index contributed by atoms with van der Waals surface area (Å²) in [5.74, 6) is 0. The number of nitrogens with zero attached hydrogens (tertiary/aromatic N) is 2. The summed E-state index contributed by atoms with van der Waals surface area (Å²) in [6.45, 7) is 4.03. The maximum atomic E-state index is 8.09. The lowest BCUT2D eigenvalue weighted by Crippen LogP contribution is -1.85. The van der Waals surface area contributed by atoms with E-state index in [0.29, 0.717) is 12.8 Å². The van der Waals surface area contributed by atoms with E-state index in [1.54, 1.807) is 0 Å². The molecule has 0 amide bonds. The molecule has 0 atom stereocenters. The number of aliphatic hydroxyl groups is 2. The third kappa shape index (κ3) is 70.2. The third-order valence-corrected chi connectivity index (χ3v) is 0.882. The molecule has 4 heteroatoms. The van der Waals surface area contributed by atoms with Crippen molar-refractivity contribution in [3.8, 4) is 12.1 Å². The number of nitriles is 2. The second-order valence-electron chi connectivity index (χ2n) is 2.18. The van der Waals surface area contributed by atoms with Gasteiger partial charge in [0.15, 0.2) is 0 Å². The lowest BCUT2D eigenvalue weighted by atomic mass is 10.3. The predicted molar refractivity (Wildman–Crippen MR) is 55.2 cm³/mol. The van der Waals surface area contributed by atoms with E-state index < -0.39 is 0 Å². The highest BCUT2D eigenvalue weighted by Crippen LogP contribution is 1.80. The van der Waals surface area contributed by atoms with Gasteiger partial charge in [-0.25, -0.2) is 0 Å². The summed E-state index contributed by atoms with van der Waals surface area (Å²) < 4.78 is 0. The highest BCUT2D eigenvalue weighted by molar-refractivity contribution is 4.62. The van der Waals surface area contributed by atoms with E-state index >= 15 is 0 Å². The molecule has 0 aromatic carbocycles. The number of hydrogen-bond donors (Lipinski definition) is 2. The van der Waals surface area contributed by atoms with Crippen LogP contribution in [0.3, 0.4) is 0 Å². The van der Waals surface area contributed by atoms with Gasteiger partial charge in [-0.2, -0.15) is 10.5 Å². The average molecular weight is 200 g/mol. The van der Waals surface area contributed by atoms with Crippen LogP contribution in [0.2, 0.25) is 0 Å². The molecule has 4 nitrogen and oxygen atoms in total. The van der Waals surface area contributed by atoms with Crippen LogP contribution in [0.15, 0.2) is 0 Å². The minimum absolute atomic E-state index is 0.195. The van der Waals surface area contributed by atoms with Crippen molar-refractivity contribution < 1.29 is 10.2 Å². The van der Waals surface area contributed by atoms with Crippen molar-refractivity contribution in [1.82, 2.24) is 0 Å². The molecule has 0 spiro atoms. The summed E-state index contributed by atoms with van der Waals surface area (Å²) in [6.07, 6.45) is 2.69. The normalized spacial score (nSPS) is 6.71. The van der Waals surface area contributed by atoms with Gasteiger partial charge in [0.25, 0.3) is 0 Å². The van der Waals surface area contributed by atoms with Crippen LogP contribution >= 0.6 is 0 Å². The predicted octanol–water partition coefficient (Wildman–Crippen LogP) is 1.59. The molecule has 0 aliphatic rings. The van der Waals surface area contributed by atoms with Crippen molar-refractivity contribution >= 4 is 0 Å². The number of unbranched alkanes of at least 4 members (excludes halogenated alkanes) is 1. The zero-order valence-corrected chi connectivity index (χ0v) is 9.03. The Morgan fingerprint density at radius 2 is 1.07 bits per heavy atom. The molecule has 0 unspecified atom stereocenters. The highest BCUT2D eigenvalue weighted by Gasteiger charge is 1.77. The maximum absolute atomic E-state index is 8.09. The second-order valence-corrected chi connectivity index (χ2v) is 2.18. The van der Waals surface area contributed by atoms with Gasteiger partial charge in [-0.15, -0.1) is 0 Å². The van der Waals surface area contributed by atoms with Crippen molar-refractivity contribution in [3.05, 3.63) is 0 Å². The van der Waals surface area contributed by atoms with E-state index in [9.17, 15) is 0 Å². The van der Waals surface area contributed by atoms with Crippen molar-refractivity contribution in [2.45, 2.75) is 39.5 Å². The lowest BCUT2D eigenvalue weighted by molar-refractivity contribution is 0.242. The van der Waals surface area contributed by atoms with Gasteiger partial charge >= 0.3 is 0 Å². The van der Waals surface area contributed by atoms with Gasteiger partial charge in [-0.05, 0) is 12.8 Å². The Balaban J connectivity index is -0.000000135. The molecule has 0 fully saturated rings. The van der Waals surface area contributed by atoms with Crippen LogP contribution in [0.1, 0.15) is 39.5 Å². The summed E-state index contributed by atoms with van der Waals surface area (Å²) in [5, 5.41) is 31.4. The Bertz CT molecular complexity index is 129. The van der Waals surface area contributed by atoms with Gasteiger partial charge in [0, 0.05) is 26.1 Å². The first-order valence-electron chi connectivity index (χ1n) is 4.70. The zero-order chi connectivity index (χ0) is 11.7. The fraction of sp³-hybridized carbons (Fsp3) is 0.800. The first kappa shape index (κ1) is 18.6. The molecule has 0 aromatic heterocycles. The zero-order valence-electron chi connectivity index (χ0n) is 9.03. The van der Waals surface area contributed by atoms with Crippen LogP contribution in [0, 0.1) is 22.7 Å². The number of aliphatic hydroxyl groups excluding tert-OH is 2. The van der Waals surface area contributed by atoms with Gasteiger partial charge in [0.2, 0.25) is 0 Å². The van der Waals surface area contributed by atoms with E-state index in [-0.39, 0.29) is 13.2 Å². The summed E-state index contributed by atoms with van der Waals surface area (Å²) in [7, 11) is 0. The molecule has 0 saturated carbocycles. The molecule has 0 aliphatic carbocycles. The first-order chi connectivity index (χ1) is 6.74. The van der Waals surface area contributed by atoms with Gasteiger partial charge in [-0.3, -0.25) is 0 Å². The fourth-order valence-electron chi connectivity index (χ4n) is 0.224. The van der Waals surface area contributed by atoms with E-state index in [0.717, 1.165) is 12.8 Å². The van der Waals surface area contributed by atoms with E-state index in [2.05, 4.69) is 0 Å². The van der Waals surface area contributed by atoms with E-state index in [1.165, 1.54) is 0 Å². The van der Waals surface area contributed by atoms with Gasteiger partial charge in [0.05, 0.1) is 12.1 Å². The average Bonchev–Trinajstić information content (AvgIpc) is 2.27. The van der Waals surface area contributed by atoms with Gasteiger partial charge < -0.3 is 10.2 Å². The molecule has 0 rings (SSSR count). The minimum atomic E-state index is 0.195. The Hall–Kier alpha value is -1.10. The fourth-order valence-corrected chi connectivity index (χ4v) is 0.224. The van der Waals surface area contributed by atoms with Crippen LogP contribution in [0.25, 0.3) is 0 Å². The first-order valence-corrected chi connectivity index (χ1v) is 4.70. The second kappa shape index (κ2) is 29.7. The summed E-state index contributed by atoms with van der Waals surface area (Å²) >= 11 is 0. The molecule has 82 valence electrons. The molecule has 0 aromatic rings. The summed E-state index contributed by atoms with van der Waals surface area (Å²) in [5.41, 5.74) is 0. The Morgan fingerprint density at radius 3 is 1.14 bits per heavy atom. The van der Waals surface area contributed by atoms with Crippen molar-refractivity contribution in [2.75, 3.05) is 13.2 Å². The Kier molecular flexibility index (Phi) is 39.5. The highest BCUT2D eigenvalue weighted by atomic mass is 16.3. The Morgan fingerprint density at radius 1 is 0.857 bits per heavy atom. The van der Waals surface area contributed by atoms with Crippen molar-refractivity contribution in [3.63, 3.8) is 0 Å². The molecular weight excluding hydrogens is 180 g/mol. The maximum Gasteiger partial charge on any atom is 0.0618 e. The van der Waals surface area contributed by atoms with E-state index in [4.69, 9.17) is 20.7 Å². The molecule has 0 radical (unpaired) electrons. The van der Waals surface area contributed by atoms with Crippen molar-refractivity contribution in [1.29, 1.82) is 10.5 Å². The van der Waals surface area contributed by atoms with Crippen LogP contribution in [0.5, 0.6) is 0 Å². The van der Waals surface area contributed by atoms with Crippen LogP contribution in [-0.4, -0.2) is 23.4 Å². The molecule has 14 heavy (non-hydrogen) atoms. The largest absolute Gasteiger partial charge is 0.396 e. The number of rotatable bonds is 3. The van der Waals surface area contributed by atoms with Gasteiger partial charge in [-0.1, -0.05) is 13.8 Å². The lowest BCUT2D eigenvalue weighted by Gasteiger charge is -1.85. The molecular formula is C10H20N2O2. The smallest absolute Gasteiger partial charge is 0.0618 e. The molecule has 2 N–H and O–H groups in total. The molecule has 0 saturated heterocycles. The monoisotopic (exact) mass is 200 g/mol. The number of hydrogen-bond acceptors (Lipinski definition) is 4. The topological polar surface area (TPSA) is 88.0 Å². The molecule has 0 heterocycles. The van der Waals surface area contributed by atoms with Crippen LogP contribution in [0.4, 0.5) is 0 Å². The summed E-state index contributed by atoms with van der Waals surface area (Å²) in [6, 6.07) is 3.86. The van der Waals surface area contributed by atoms with Crippen LogP contribution in [-0.2, 0) is 0 Å². The third-order valence-electron chi connectivity index (χ3n) is 0.882. The summed E-state index contributed by atoms with van der Waals surface area (Å²) in [4.78, 5) is 0. The molecule has 0 aliphatic heterocycles. The minimum Gasteiger partial charge on any atom is -0.396 e. The van der Waals surface area contributed by atoms with Gasteiger partial charge in [0.1, 0.15) is 0 Å². The Labute approximate surface area is 86.4 Å². The van der Waals surface area contributed by atoms with Crippen LogP contribution < -0.4 is 0 Å². The quantitative estimate of drug-likeness (QED) is 0.677. The standard InChI is InChI=1S/C4H10O2.2C3H5N/c5-3-1-2-4-6;2*1-2-3-4/h5-6H,1-4H2;2*2H2,1H3.